The van der Waals surface area contributed by atoms with Gasteiger partial charge in [-0.1, -0.05) is 71.9 Å². The second kappa shape index (κ2) is 27.6. The fourth-order valence-electron chi connectivity index (χ4n) is 8.63. The Balaban J connectivity index is -0.000000853. The highest BCUT2D eigenvalue weighted by molar-refractivity contribution is 4.79. The molecule has 3 rings (SSSR count). The van der Waals surface area contributed by atoms with Crippen molar-refractivity contribution in [3.8, 4) is 0 Å². The average molecular weight is 763 g/mol. The molecule has 3 saturated heterocycles. The molecule has 0 unspecified atom stereocenters. The lowest BCUT2D eigenvalue weighted by molar-refractivity contribution is -1.02. The highest BCUT2D eigenvalue weighted by Crippen LogP contribution is 2.31. The Hall–Kier alpha value is -1.08. The molecule has 0 atom stereocenters. The molecule has 0 radical (unpaired) electrons. The number of likely N-dealkylation sites (tertiary alicyclic amines) is 2. The van der Waals surface area contributed by atoms with E-state index in [0.29, 0.717) is 0 Å². The van der Waals surface area contributed by atoms with Crippen LogP contribution in [0.2, 0.25) is 0 Å². The van der Waals surface area contributed by atoms with Gasteiger partial charge in [0.25, 0.3) is 0 Å². The molecule has 0 N–H and O–H groups in total. The lowest BCUT2D eigenvalue weighted by Crippen LogP contribution is -3.00. The van der Waals surface area contributed by atoms with Crippen molar-refractivity contribution in [2.24, 2.45) is 11.8 Å². The normalized spacial score (nSPS) is 20.2. The molecule has 0 aromatic rings. The zero-order chi connectivity index (χ0) is 33.1. The zero-order valence-corrected chi connectivity index (χ0v) is 34.0. The third kappa shape index (κ3) is 16.9. The third-order valence-electron chi connectivity index (χ3n) is 11.5. The number of nitrogens with zero attached hydrogens (tertiary/aromatic N) is 4. The molecule has 3 fully saturated rings. The highest BCUT2D eigenvalue weighted by Gasteiger charge is 2.39. The van der Waals surface area contributed by atoms with Crippen molar-refractivity contribution in [2.45, 2.75) is 44.9 Å². The number of halogens is 4. The van der Waals surface area contributed by atoms with Crippen molar-refractivity contribution in [3.05, 3.63) is 101 Å². The van der Waals surface area contributed by atoms with E-state index >= 15 is 0 Å². The molecular weight excluding hydrogens is 690 g/mol. The molecule has 0 bridgehead atoms. The van der Waals surface area contributed by atoms with E-state index in [1.54, 1.807) is 0 Å². The van der Waals surface area contributed by atoms with E-state index in [1.807, 2.05) is 24.3 Å². The van der Waals surface area contributed by atoms with Crippen molar-refractivity contribution in [2.75, 3.05) is 105 Å². The van der Waals surface area contributed by atoms with Gasteiger partial charge in [-0.3, -0.25) is 0 Å². The van der Waals surface area contributed by atoms with Crippen molar-refractivity contribution in [1.29, 1.82) is 0 Å². The monoisotopic (exact) mass is 760 g/mol. The van der Waals surface area contributed by atoms with Crippen LogP contribution in [-0.2, 0) is 0 Å². The summed E-state index contributed by atoms with van der Waals surface area (Å²) in [5, 5.41) is 0. The van der Waals surface area contributed by atoms with Crippen LogP contribution in [0.1, 0.15) is 44.9 Å². The second-order valence-corrected chi connectivity index (χ2v) is 14.7. The van der Waals surface area contributed by atoms with Gasteiger partial charge in [-0.2, -0.15) is 0 Å². The van der Waals surface area contributed by atoms with Gasteiger partial charge in [-0.25, -0.2) is 0 Å². The van der Waals surface area contributed by atoms with Crippen LogP contribution in [0.5, 0.6) is 0 Å². The maximum Gasteiger partial charge on any atom is 0.129 e. The van der Waals surface area contributed by atoms with Gasteiger partial charge in [0.1, 0.15) is 26.2 Å². The van der Waals surface area contributed by atoms with Crippen LogP contribution in [0.15, 0.2) is 101 Å². The first-order valence-electron chi connectivity index (χ1n) is 18.0. The van der Waals surface area contributed by atoms with Crippen LogP contribution < -0.4 is 49.6 Å². The van der Waals surface area contributed by atoms with E-state index in [0.717, 1.165) is 73.2 Å². The van der Waals surface area contributed by atoms with E-state index in [-0.39, 0.29) is 49.6 Å². The number of hydrogen-bond acceptors (Lipinski definition) is 0. The summed E-state index contributed by atoms with van der Waals surface area (Å²) >= 11 is 0. The summed E-state index contributed by atoms with van der Waals surface area (Å²) in [6.07, 6.45) is 26.5. The first kappa shape index (κ1) is 52.3. The van der Waals surface area contributed by atoms with Crippen LogP contribution >= 0.6 is 0 Å². The SMILES string of the molecule is C=CC[N+]1(CC=C)CCC(CCCC2CC[N+](CC=C)(CC=C)CC2)CC1.C=CC[N+]1(CC=C)CC[N+](CC=C)(CC=C)CC1.[Cl-].[Cl-].[Cl-].[Cl-]. The molecule has 3 aliphatic heterocycles. The van der Waals surface area contributed by atoms with Crippen LogP contribution in [-0.4, -0.2) is 123 Å². The van der Waals surface area contributed by atoms with E-state index in [2.05, 4.69) is 76.9 Å². The lowest BCUT2D eigenvalue weighted by Gasteiger charge is -2.48. The van der Waals surface area contributed by atoms with E-state index in [1.165, 1.54) is 106 Å². The summed E-state index contributed by atoms with van der Waals surface area (Å²) in [4.78, 5) is 0. The summed E-state index contributed by atoms with van der Waals surface area (Å²) in [5.41, 5.74) is 0. The molecule has 0 aliphatic carbocycles. The molecule has 4 nitrogen and oxygen atoms in total. The van der Waals surface area contributed by atoms with E-state index in [9.17, 15) is 0 Å². The Morgan fingerprint density at radius 3 is 0.694 bits per heavy atom. The zero-order valence-electron chi connectivity index (χ0n) is 31.0. The standard InChI is InChI=1S/C25H44N2.C16H28N2.4ClH/c1-5-16-26(17-6-2)20-12-24(13-21-26)10-9-11-25-14-22-27(18-7-3,19-8-4)23-15-25;1-5-9-17(10-6-2)13-15-18(11-7-3,12-8-4)16-14-17;;;;/h5-8,24-25H,1-4,9-23H2;5-8H,1-4,9-16H2;4*1H/q2*+2;;;;/p-4. The number of hydrogen-bond donors (Lipinski definition) is 0. The van der Waals surface area contributed by atoms with Crippen LogP contribution in [0, 0.1) is 11.8 Å². The maximum absolute atomic E-state index is 3.97. The smallest absolute Gasteiger partial charge is 0.129 e. The van der Waals surface area contributed by atoms with Gasteiger partial charge < -0.3 is 67.6 Å². The summed E-state index contributed by atoms with van der Waals surface area (Å²) in [6.45, 7) is 50.2. The fourth-order valence-corrected chi connectivity index (χ4v) is 8.63. The van der Waals surface area contributed by atoms with Crippen molar-refractivity contribution in [1.82, 2.24) is 0 Å². The van der Waals surface area contributed by atoms with E-state index < -0.39 is 0 Å². The van der Waals surface area contributed by atoms with Crippen LogP contribution in [0.3, 0.4) is 0 Å². The predicted molar refractivity (Wildman–Crippen MR) is 200 cm³/mol. The minimum atomic E-state index is 0. The molecule has 8 heteroatoms. The summed E-state index contributed by atoms with van der Waals surface area (Å²) < 4.78 is 4.61. The van der Waals surface area contributed by atoms with Crippen molar-refractivity contribution in [3.63, 3.8) is 0 Å². The summed E-state index contributed by atoms with van der Waals surface area (Å²) in [6, 6.07) is 0. The van der Waals surface area contributed by atoms with Gasteiger partial charge in [0.05, 0.1) is 78.5 Å². The minimum absolute atomic E-state index is 0. The molecule has 0 aromatic carbocycles. The largest absolute Gasteiger partial charge is 1.00 e. The number of quaternary nitrogens is 4. The van der Waals surface area contributed by atoms with Gasteiger partial charge in [0.15, 0.2) is 0 Å². The minimum Gasteiger partial charge on any atom is -1.00 e. The Morgan fingerprint density at radius 1 is 0.327 bits per heavy atom. The van der Waals surface area contributed by atoms with Gasteiger partial charge in [-0.15, -0.1) is 0 Å². The van der Waals surface area contributed by atoms with Crippen molar-refractivity contribution >= 4 is 0 Å². The maximum atomic E-state index is 3.97. The van der Waals surface area contributed by atoms with Gasteiger partial charge in [-0.05, 0) is 86.1 Å². The number of piperazine rings is 1. The second-order valence-electron chi connectivity index (χ2n) is 14.7. The first-order chi connectivity index (χ1) is 21.8. The number of rotatable bonds is 20. The molecule has 0 amide bonds. The Morgan fingerprint density at radius 2 is 0.510 bits per heavy atom. The molecule has 0 saturated carbocycles. The Labute approximate surface area is 328 Å². The summed E-state index contributed by atoms with van der Waals surface area (Å²) in [7, 11) is 0. The quantitative estimate of drug-likeness (QED) is 0.0873. The van der Waals surface area contributed by atoms with Gasteiger partial charge >= 0.3 is 0 Å². The van der Waals surface area contributed by atoms with Crippen LogP contribution in [0.4, 0.5) is 0 Å². The molecule has 0 aromatic heterocycles. The lowest BCUT2D eigenvalue weighted by atomic mass is 9.85. The van der Waals surface area contributed by atoms with Gasteiger partial charge in [0, 0.05) is 0 Å². The fraction of sp³-hybridized carbons (Fsp3) is 0.610. The Bertz CT molecular complexity index is 833. The molecule has 284 valence electrons. The average Bonchev–Trinajstić information content (AvgIpc) is 3.02. The van der Waals surface area contributed by atoms with Crippen LogP contribution in [0.25, 0.3) is 0 Å². The topological polar surface area (TPSA) is 0 Å². The third-order valence-corrected chi connectivity index (χ3v) is 11.5. The first-order valence-corrected chi connectivity index (χ1v) is 18.0. The molecule has 0 spiro atoms. The van der Waals surface area contributed by atoms with Crippen molar-refractivity contribution < 1.29 is 67.6 Å². The Kier molecular flexibility index (Phi) is 29.4. The van der Waals surface area contributed by atoms with Gasteiger partial charge in [0.2, 0.25) is 0 Å². The molecular formula is C41H72Cl4N4. The molecule has 3 heterocycles. The predicted octanol–water partition coefficient (Wildman–Crippen LogP) is -4.25. The number of piperidine rings is 2. The summed E-state index contributed by atoms with van der Waals surface area (Å²) in [5.74, 6) is 1.90. The van der Waals surface area contributed by atoms with E-state index in [4.69, 9.17) is 0 Å². The molecule has 49 heavy (non-hydrogen) atoms. The highest BCUT2D eigenvalue weighted by atomic mass is 35.5. The molecule has 3 aliphatic rings.